The third kappa shape index (κ3) is 4.94. The van der Waals surface area contributed by atoms with Gasteiger partial charge >= 0.3 is 0 Å². The zero-order chi connectivity index (χ0) is 24.7. The molecule has 0 aliphatic carbocycles. The molecular weight excluding hydrogens is 459 g/mol. The third-order valence-corrected chi connectivity index (χ3v) is 8.23. The maximum absolute atomic E-state index is 14.0. The van der Waals surface area contributed by atoms with Crippen molar-refractivity contribution in [2.24, 2.45) is 0 Å². The molecule has 0 saturated carbocycles. The van der Waals surface area contributed by atoms with Crippen molar-refractivity contribution in [2.75, 3.05) is 23.3 Å². The van der Waals surface area contributed by atoms with Gasteiger partial charge in [-0.3, -0.25) is 0 Å². The molecule has 0 amide bonds. The van der Waals surface area contributed by atoms with Gasteiger partial charge in [-0.2, -0.15) is 0 Å². The van der Waals surface area contributed by atoms with Crippen LogP contribution in [0.15, 0.2) is 36.7 Å². The average molecular weight is 489 g/mol. The summed E-state index contributed by atoms with van der Waals surface area (Å²) in [5.41, 5.74) is 2.60. The maximum atomic E-state index is 14.0. The first-order chi connectivity index (χ1) is 15.9. The molecule has 1 aliphatic heterocycles. The molecule has 0 spiro atoms. The van der Waals surface area contributed by atoms with Crippen LogP contribution >= 0.6 is 0 Å². The van der Waals surface area contributed by atoms with Crippen LogP contribution in [0, 0.1) is 12.7 Å². The fourth-order valence-electron chi connectivity index (χ4n) is 3.51. The minimum Gasteiger partial charge on any atom is -0.483 e. The van der Waals surface area contributed by atoms with E-state index in [1.54, 1.807) is 12.1 Å². The number of aliphatic hydroxyl groups excluding tert-OH is 1. The molecule has 34 heavy (non-hydrogen) atoms. The maximum Gasteiger partial charge on any atom is 0.150 e. The van der Waals surface area contributed by atoms with Crippen molar-refractivity contribution in [3.63, 3.8) is 0 Å². The molecular formula is C24H29FN4O4S. The molecule has 0 bridgehead atoms. The van der Waals surface area contributed by atoms with Crippen LogP contribution in [0.1, 0.15) is 26.3 Å². The number of fused-ring (bicyclic) bond motifs is 1. The van der Waals surface area contributed by atoms with E-state index in [0.29, 0.717) is 22.7 Å². The Hall–Kier alpha value is -2.95. The van der Waals surface area contributed by atoms with Gasteiger partial charge in [0.2, 0.25) is 0 Å². The van der Waals surface area contributed by atoms with Crippen LogP contribution in [0.5, 0.6) is 5.75 Å². The number of nitrogens with one attached hydrogen (secondary N) is 2. The molecule has 8 nitrogen and oxygen atoms in total. The Morgan fingerprint density at radius 2 is 2.00 bits per heavy atom. The normalized spacial score (nSPS) is 20.2. The minimum absolute atomic E-state index is 0.170. The van der Waals surface area contributed by atoms with E-state index < -0.39 is 32.5 Å². The van der Waals surface area contributed by atoms with Gasteiger partial charge in [-0.15, -0.1) is 0 Å². The van der Waals surface area contributed by atoms with Gasteiger partial charge in [0.1, 0.15) is 29.8 Å². The summed E-state index contributed by atoms with van der Waals surface area (Å²) in [4.78, 5) is 8.76. The van der Waals surface area contributed by atoms with Crippen molar-refractivity contribution in [2.45, 2.75) is 44.6 Å². The van der Waals surface area contributed by atoms with Crippen LogP contribution in [-0.4, -0.2) is 55.3 Å². The quantitative estimate of drug-likeness (QED) is 0.453. The van der Waals surface area contributed by atoms with E-state index in [-0.39, 0.29) is 19.0 Å². The topological polar surface area (TPSA) is 106 Å². The van der Waals surface area contributed by atoms with Crippen molar-refractivity contribution >= 4 is 43.7 Å². The second-order valence-corrected chi connectivity index (χ2v) is 12.1. The summed E-state index contributed by atoms with van der Waals surface area (Å²) in [6.45, 7) is 7.89. The van der Waals surface area contributed by atoms with E-state index >= 15 is 0 Å². The average Bonchev–Trinajstić information content (AvgIpc) is 3.13. The molecule has 2 heterocycles. The number of hydrogen-bond acceptors (Lipinski definition) is 7. The van der Waals surface area contributed by atoms with Crippen molar-refractivity contribution in [1.82, 2.24) is 9.97 Å². The van der Waals surface area contributed by atoms with E-state index in [1.165, 1.54) is 18.5 Å². The van der Waals surface area contributed by atoms with Gasteiger partial charge in [-0.1, -0.05) is 0 Å². The Labute approximate surface area is 198 Å². The number of hydrogen-bond donors (Lipinski definition) is 3. The van der Waals surface area contributed by atoms with E-state index in [1.807, 2.05) is 33.8 Å². The lowest BCUT2D eigenvalue weighted by Crippen LogP contribution is -2.33. The smallest absolute Gasteiger partial charge is 0.150 e. The SMILES string of the molecule is C=S(=O)(Nc1cc(C)c2c(Nc3ccc(F)cc3OC3COCC3O)ncnc2c1)C(C)(C)C. The van der Waals surface area contributed by atoms with Crippen molar-refractivity contribution < 1.29 is 23.2 Å². The third-order valence-electron chi connectivity index (χ3n) is 5.68. The Kier molecular flexibility index (Phi) is 6.41. The lowest BCUT2D eigenvalue weighted by atomic mass is 10.1. The first-order valence-corrected chi connectivity index (χ1v) is 12.6. The summed E-state index contributed by atoms with van der Waals surface area (Å²) < 4.78 is 40.6. The zero-order valence-electron chi connectivity index (χ0n) is 19.6. The monoisotopic (exact) mass is 488 g/mol. The van der Waals surface area contributed by atoms with Gasteiger partial charge in [0.25, 0.3) is 0 Å². The van der Waals surface area contributed by atoms with Crippen LogP contribution < -0.4 is 14.8 Å². The molecule has 182 valence electrons. The molecule has 1 saturated heterocycles. The van der Waals surface area contributed by atoms with E-state index in [4.69, 9.17) is 9.47 Å². The number of anilines is 3. The molecule has 1 fully saturated rings. The number of aromatic nitrogens is 2. The fourth-order valence-corrected chi connectivity index (χ4v) is 4.32. The van der Waals surface area contributed by atoms with Crippen LogP contribution in [0.2, 0.25) is 0 Å². The summed E-state index contributed by atoms with van der Waals surface area (Å²) in [6.07, 6.45) is 0.0263. The standard InChI is InChI=1S/C24H29FN4O4S/c1-14-8-16(29-34(5,31)24(2,3)4)10-18-22(14)23(27-13-26-18)28-17-7-6-15(25)9-20(17)33-21-12-32-11-19(21)30/h6-10,13,19,21,30H,5,11-12H2,1-4H3,(H,29,31)(H,26,27,28). The van der Waals surface area contributed by atoms with Gasteiger partial charge in [-0.25, -0.2) is 18.6 Å². The van der Waals surface area contributed by atoms with Crippen LogP contribution in [0.3, 0.4) is 0 Å². The first-order valence-electron chi connectivity index (χ1n) is 10.8. The number of aliphatic hydroxyl groups is 1. The fraction of sp³-hybridized carbons (Fsp3) is 0.375. The summed E-state index contributed by atoms with van der Waals surface area (Å²) in [5.74, 6) is 4.15. The molecule has 4 rings (SSSR count). The molecule has 1 aromatic heterocycles. The second-order valence-electron chi connectivity index (χ2n) is 9.33. The Bertz CT molecular complexity index is 1320. The Balaban J connectivity index is 1.69. The molecule has 1 aliphatic rings. The van der Waals surface area contributed by atoms with Crippen LogP contribution in [0.4, 0.5) is 21.6 Å². The van der Waals surface area contributed by atoms with E-state index in [9.17, 15) is 13.7 Å². The van der Waals surface area contributed by atoms with Gasteiger partial charge in [0.05, 0.1) is 34.1 Å². The van der Waals surface area contributed by atoms with Crippen LogP contribution in [0.25, 0.3) is 10.9 Å². The molecule has 0 radical (unpaired) electrons. The van der Waals surface area contributed by atoms with Gasteiger partial charge in [0.15, 0.2) is 6.10 Å². The highest BCUT2D eigenvalue weighted by Crippen LogP contribution is 2.34. The summed E-state index contributed by atoms with van der Waals surface area (Å²) >= 11 is 0. The molecule has 3 unspecified atom stereocenters. The van der Waals surface area contributed by atoms with Crippen molar-refractivity contribution in [3.8, 4) is 5.75 Å². The summed E-state index contributed by atoms with van der Waals surface area (Å²) in [5, 5.41) is 14.0. The number of rotatable bonds is 6. The number of halogens is 1. The Morgan fingerprint density at radius 3 is 2.68 bits per heavy atom. The lowest BCUT2D eigenvalue weighted by Gasteiger charge is -2.26. The predicted octanol–water partition coefficient (Wildman–Crippen LogP) is 3.80. The van der Waals surface area contributed by atoms with E-state index in [0.717, 1.165) is 10.9 Å². The van der Waals surface area contributed by atoms with E-state index in [2.05, 4.69) is 25.9 Å². The highest BCUT2D eigenvalue weighted by molar-refractivity contribution is 8.02. The summed E-state index contributed by atoms with van der Waals surface area (Å²) in [6, 6.07) is 7.77. The number of aryl methyl sites for hydroxylation is 1. The molecule has 10 heteroatoms. The molecule has 3 aromatic rings. The zero-order valence-corrected chi connectivity index (χ0v) is 20.4. The molecule has 2 aromatic carbocycles. The van der Waals surface area contributed by atoms with Gasteiger partial charge in [-0.05, 0) is 63.4 Å². The highest BCUT2D eigenvalue weighted by atomic mass is 32.2. The van der Waals surface area contributed by atoms with Crippen molar-refractivity contribution in [1.29, 1.82) is 0 Å². The largest absolute Gasteiger partial charge is 0.483 e. The minimum atomic E-state index is -2.61. The molecule has 3 atom stereocenters. The molecule has 3 N–H and O–H groups in total. The van der Waals surface area contributed by atoms with Crippen LogP contribution in [-0.2, 0) is 14.4 Å². The summed E-state index contributed by atoms with van der Waals surface area (Å²) in [7, 11) is -2.61. The number of benzene rings is 2. The van der Waals surface area contributed by atoms with Gasteiger partial charge < -0.3 is 24.6 Å². The number of nitrogens with zero attached hydrogens (tertiary/aromatic N) is 2. The first kappa shape index (κ1) is 24.2. The highest BCUT2D eigenvalue weighted by Gasteiger charge is 2.29. The van der Waals surface area contributed by atoms with Crippen molar-refractivity contribution in [3.05, 3.63) is 48.0 Å². The Morgan fingerprint density at radius 1 is 1.24 bits per heavy atom. The lowest BCUT2D eigenvalue weighted by molar-refractivity contribution is 0.0736. The number of ether oxygens (including phenoxy) is 2. The predicted molar refractivity (Wildman–Crippen MR) is 134 cm³/mol. The second kappa shape index (κ2) is 9.01. The van der Waals surface area contributed by atoms with Gasteiger partial charge in [0, 0.05) is 21.9 Å².